The van der Waals surface area contributed by atoms with Gasteiger partial charge in [-0.05, 0) is 109 Å². The lowest BCUT2D eigenvalue weighted by atomic mass is 10.2. The predicted octanol–water partition coefficient (Wildman–Crippen LogP) is 7.14. The summed E-state index contributed by atoms with van der Waals surface area (Å²) in [6, 6.07) is 49.3. The lowest BCUT2D eigenvalue weighted by molar-refractivity contribution is 0.0943. The molecule has 3 amide bonds. The Bertz CT molecular complexity index is 2890. The summed E-state index contributed by atoms with van der Waals surface area (Å²) in [5.41, 5.74) is 8.41. The SMILES string of the molecule is O=C(NCCN(CCNC(=O)c1cccc(-c2cccc(-c3ccccn3)n2)n1)CCNC(=O)c1cccc(-c2cccc(-c3ccccn3)n2)n1)c1cccc(-c2cccc(-c3ccccn3)n2)n1. The van der Waals surface area contributed by atoms with Gasteiger partial charge in [0, 0.05) is 57.9 Å². The van der Waals surface area contributed by atoms with Crippen LogP contribution in [0.2, 0.25) is 0 Å². The van der Waals surface area contributed by atoms with Gasteiger partial charge in [0.15, 0.2) is 0 Å². The minimum atomic E-state index is -0.360. The Morgan fingerprint density at radius 2 is 0.543 bits per heavy atom. The molecule has 16 nitrogen and oxygen atoms in total. The number of hydrogen-bond donors (Lipinski definition) is 3. The lowest BCUT2D eigenvalue weighted by Crippen LogP contribution is -2.43. The summed E-state index contributed by atoms with van der Waals surface area (Å²) < 4.78 is 0. The fourth-order valence-corrected chi connectivity index (χ4v) is 7.40. The van der Waals surface area contributed by atoms with Gasteiger partial charge >= 0.3 is 0 Å². The van der Waals surface area contributed by atoms with E-state index in [1.54, 1.807) is 73.2 Å². The fourth-order valence-electron chi connectivity index (χ4n) is 7.40. The van der Waals surface area contributed by atoms with Gasteiger partial charge in [0.05, 0.1) is 68.3 Å². The van der Waals surface area contributed by atoms with Crippen molar-refractivity contribution in [2.24, 2.45) is 0 Å². The van der Waals surface area contributed by atoms with Gasteiger partial charge in [-0.2, -0.15) is 0 Å². The number of aromatic nitrogens is 9. The molecule has 9 rings (SSSR count). The zero-order valence-corrected chi connectivity index (χ0v) is 37.8. The Balaban J connectivity index is 0.844. The first-order valence-electron chi connectivity index (χ1n) is 22.6. The molecule has 0 aliphatic rings. The molecule has 16 heteroatoms. The van der Waals surface area contributed by atoms with E-state index in [1.807, 2.05) is 114 Å². The smallest absolute Gasteiger partial charge is 0.269 e. The summed E-state index contributed by atoms with van der Waals surface area (Å²) in [4.78, 5) is 83.8. The molecule has 3 N–H and O–H groups in total. The van der Waals surface area contributed by atoms with Crippen LogP contribution in [-0.4, -0.2) is 107 Å². The molecule has 0 saturated carbocycles. The van der Waals surface area contributed by atoms with Crippen LogP contribution in [0.3, 0.4) is 0 Å². The van der Waals surface area contributed by atoms with E-state index >= 15 is 0 Å². The third-order valence-electron chi connectivity index (χ3n) is 10.9. The molecule has 0 unspecified atom stereocenters. The first kappa shape index (κ1) is 45.9. The van der Waals surface area contributed by atoms with Crippen LogP contribution >= 0.6 is 0 Å². The number of carbonyl (C=O) groups is 3. The van der Waals surface area contributed by atoms with E-state index in [-0.39, 0.29) is 54.4 Å². The average Bonchev–Trinajstić information content (AvgIpc) is 3.43. The van der Waals surface area contributed by atoms with E-state index in [9.17, 15) is 14.4 Å². The molecule has 0 aliphatic carbocycles. The van der Waals surface area contributed by atoms with Crippen LogP contribution in [0.15, 0.2) is 182 Å². The number of rotatable bonds is 18. The van der Waals surface area contributed by atoms with Crippen LogP contribution < -0.4 is 16.0 Å². The monoisotopic (exact) mass is 923 g/mol. The molecule has 0 aromatic carbocycles. The summed E-state index contributed by atoms with van der Waals surface area (Å²) >= 11 is 0. The van der Waals surface area contributed by atoms with Crippen molar-refractivity contribution < 1.29 is 14.4 Å². The van der Waals surface area contributed by atoms with Crippen molar-refractivity contribution in [2.75, 3.05) is 39.3 Å². The maximum atomic E-state index is 13.5. The highest BCUT2D eigenvalue weighted by Crippen LogP contribution is 2.23. The molecule has 0 saturated heterocycles. The van der Waals surface area contributed by atoms with Crippen molar-refractivity contribution >= 4 is 17.7 Å². The van der Waals surface area contributed by atoms with Crippen molar-refractivity contribution in [3.05, 3.63) is 199 Å². The van der Waals surface area contributed by atoms with Crippen LogP contribution in [-0.2, 0) is 0 Å². The molecule has 0 aliphatic heterocycles. The number of carbonyl (C=O) groups excluding carboxylic acids is 3. The Labute approximate surface area is 403 Å². The van der Waals surface area contributed by atoms with Crippen LogP contribution in [0.4, 0.5) is 0 Å². The quantitative estimate of drug-likeness (QED) is 0.0784. The molecule has 9 heterocycles. The van der Waals surface area contributed by atoms with E-state index in [4.69, 9.17) is 15.0 Å². The molecule has 70 heavy (non-hydrogen) atoms. The molecule has 0 bridgehead atoms. The Hall–Kier alpha value is -9.28. The minimum absolute atomic E-state index is 0.232. The van der Waals surface area contributed by atoms with Crippen molar-refractivity contribution in [1.82, 2.24) is 65.7 Å². The van der Waals surface area contributed by atoms with E-state index in [2.05, 4.69) is 45.9 Å². The summed E-state index contributed by atoms with van der Waals surface area (Å²) in [7, 11) is 0. The Morgan fingerprint density at radius 1 is 0.300 bits per heavy atom. The topological polar surface area (TPSA) is 207 Å². The van der Waals surface area contributed by atoms with Crippen molar-refractivity contribution in [3.63, 3.8) is 0 Å². The first-order chi connectivity index (χ1) is 34.4. The molecular weight excluding hydrogens is 879 g/mol. The second kappa shape index (κ2) is 22.5. The van der Waals surface area contributed by atoms with Gasteiger partial charge in [-0.25, -0.2) is 29.9 Å². The third kappa shape index (κ3) is 11.8. The second-order valence-corrected chi connectivity index (χ2v) is 15.7. The zero-order valence-electron chi connectivity index (χ0n) is 37.8. The summed E-state index contributed by atoms with van der Waals surface area (Å²) in [5.74, 6) is -1.08. The maximum Gasteiger partial charge on any atom is 0.269 e. The molecule has 0 atom stereocenters. The van der Waals surface area contributed by atoms with Gasteiger partial charge in [-0.3, -0.25) is 34.2 Å². The van der Waals surface area contributed by atoms with E-state index in [0.29, 0.717) is 70.9 Å². The molecule has 344 valence electrons. The van der Waals surface area contributed by atoms with E-state index < -0.39 is 0 Å². The molecule has 9 aromatic heterocycles. The van der Waals surface area contributed by atoms with Crippen molar-refractivity contribution in [3.8, 4) is 68.3 Å². The van der Waals surface area contributed by atoms with E-state index in [0.717, 1.165) is 17.1 Å². The van der Waals surface area contributed by atoms with Crippen molar-refractivity contribution in [1.29, 1.82) is 0 Å². The summed E-state index contributed by atoms with van der Waals surface area (Å²) in [5, 5.41) is 8.94. The lowest BCUT2D eigenvalue weighted by Gasteiger charge is -2.23. The molecule has 0 radical (unpaired) electrons. The third-order valence-corrected chi connectivity index (χ3v) is 10.9. The Kier molecular flexibility index (Phi) is 14.7. The largest absolute Gasteiger partial charge is 0.349 e. The fraction of sp³-hybridized carbons (Fsp3) is 0.111. The van der Waals surface area contributed by atoms with Gasteiger partial charge < -0.3 is 16.0 Å². The predicted molar refractivity (Wildman–Crippen MR) is 266 cm³/mol. The number of nitrogens with one attached hydrogen (secondary N) is 3. The molecule has 9 aromatic rings. The molecule has 0 fully saturated rings. The zero-order chi connectivity index (χ0) is 47.9. The van der Waals surface area contributed by atoms with E-state index in [1.165, 1.54) is 0 Å². The second-order valence-electron chi connectivity index (χ2n) is 15.7. The highest BCUT2D eigenvalue weighted by molar-refractivity contribution is 5.94. The summed E-state index contributed by atoms with van der Waals surface area (Å²) in [6.45, 7) is 1.93. The number of hydrogen-bond acceptors (Lipinski definition) is 13. The summed E-state index contributed by atoms with van der Waals surface area (Å²) in [6.07, 6.45) is 5.13. The Morgan fingerprint density at radius 3 is 0.814 bits per heavy atom. The van der Waals surface area contributed by atoms with Gasteiger partial charge in [0.1, 0.15) is 17.1 Å². The number of amides is 3. The maximum absolute atomic E-state index is 13.5. The van der Waals surface area contributed by atoms with Crippen LogP contribution in [0, 0.1) is 0 Å². The highest BCUT2D eigenvalue weighted by atomic mass is 16.2. The van der Waals surface area contributed by atoms with Crippen LogP contribution in [0.5, 0.6) is 0 Å². The normalized spacial score (nSPS) is 10.9. The standard InChI is InChI=1S/C54H45N13O3/c68-52(49-25-10-22-46(64-49)43-19-7-16-40(61-43)37-13-1-4-28-55-37)58-31-34-67(35-32-59-53(69)50-26-11-23-47(65-50)44-20-8-17-41(62-44)38-14-2-5-29-56-38)36-33-60-54(70)51-27-12-24-48(66-51)45-21-9-18-42(63-45)39-15-3-6-30-57-39/h1-30H,31-36H2,(H,58,68)(H,59,69)(H,60,70). The van der Waals surface area contributed by atoms with Crippen LogP contribution in [0.1, 0.15) is 31.5 Å². The average molecular weight is 924 g/mol. The van der Waals surface area contributed by atoms with Crippen molar-refractivity contribution in [2.45, 2.75) is 0 Å². The van der Waals surface area contributed by atoms with Gasteiger partial charge in [-0.1, -0.05) is 54.6 Å². The van der Waals surface area contributed by atoms with Gasteiger partial charge in [-0.15, -0.1) is 0 Å². The molecular formula is C54H45N13O3. The van der Waals surface area contributed by atoms with Gasteiger partial charge in [0.2, 0.25) is 0 Å². The number of nitrogens with zero attached hydrogens (tertiary/aromatic N) is 10. The highest BCUT2D eigenvalue weighted by Gasteiger charge is 2.16. The number of pyridine rings is 9. The minimum Gasteiger partial charge on any atom is -0.349 e. The first-order valence-corrected chi connectivity index (χ1v) is 22.6. The van der Waals surface area contributed by atoms with Gasteiger partial charge in [0.25, 0.3) is 17.7 Å². The molecule has 0 spiro atoms. The van der Waals surface area contributed by atoms with Crippen LogP contribution in [0.25, 0.3) is 68.3 Å².